The van der Waals surface area contributed by atoms with E-state index in [0.717, 1.165) is 24.3 Å². The summed E-state index contributed by atoms with van der Waals surface area (Å²) in [6.45, 7) is 4.19. The third-order valence-electron chi connectivity index (χ3n) is 3.46. The molecule has 1 aromatic carbocycles. The summed E-state index contributed by atoms with van der Waals surface area (Å²) in [6.07, 6.45) is 3.72. The van der Waals surface area contributed by atoms with Crippen molar-refractivity contribution in [2.24, 2.45) is 5.73 Å². The zero-order valence-corrected chi connectivity index (χ0v) is 12.5. The lowest BCUT2D eigenvalue weighted by Crippen LogP contribution is -2.21. The van der Waals surface area contributed by atoms with Crippen LogP contribution in [0.2, 0.25) is 0 Å². The Morgan fingerprint density at radius 3 is 2.50 bits per heavy atom. The zero-order chi connectivity index (χ0) is 14.5. The summed E-state index contributed by atoms with van der Waals surface area (Å²) >= 11 is 0. The summed E-state index contributed by atoms with van der Waals surface area (Å²) in [4.78, 5) is 6.64. The maximum absolute atomic E-state index is 5.92. The molecule has 1 heterocycles. The van der Waals surface area contributed by atoms with Gasteiger partial charge in [-0.15, -0.1) is 0 Å². The van der Waals surface area contributed by atoms with Crippen LogP contribution in [-0.4, -0.2) is 18.1 Å². The first-order chi connectivity index (χ1) is 9.61. The Morgan fingerprint density at radius 1 is 1.20 bits per heavy atom. The highest BCUT2D eigenvalue weighted by Crippen LogP contribution is 2.25. The molecule has 0 amide bonds. The molecule has 2 N–H and O–H groups in total. The standard InChI is InChI=1S/C17H23N3/c1-4-14-7-9-16(10-8-14)20(3)17-15(12-13(2)18)6-5-11-19-17/h5-11,13H,4,12,18H2,1-3H3. The van der Waals surface area contributed by atoms with Gasteiger partial charge in [0.25, 0.3) is 0 Å². The molecule has 2 rings (SSSR count). The molecular weight excluding hydrogens is 246 g/mol. The summed E-state index contributed by atoms with van der Waals surface area (Å²) in [7, 11) is 2.05. The number of pyridine rings is 1. The van der Waals surface area contributed by atoms with Crippen LogP contribution in [0.1, 0.15) is 25.0 Å². The van der Waals surface area contributed by atoms with E-state index in [2.05, 4.69) is 47.1 Å². The summed E-state index contributed by atoms with van der Waals surface area (Å²) in [5, 5.41) is 0. The van der Waals surface area contributed by atoms with E-state index >= 15 is 0 Å². The average Bonchev–Trinajstić information content (AvgIpc) is 2.46. The third kappa shape index (κ3) is 3.36. The largest absolute Gasteiger partial charge is 0.329 e. The van der Waals surface area contributed by atoms with Crippen molar-refractivity contribution in [3.8, 4) is 0 Å². The van der Waals surface area contributed by atoms with E-state index in [0.29, 0.717) is 0 Å². The molecule has 2 aromatic rings. The predicted molar refractivity (Wildman–Crippen MR) is 85.5 cm³/mol. The van der Waals surface area contributed by atoms with E-state index < -0.39 is 0 Å². The van der Waals surface area contributed by atoms with E-state index in [-0.39, 0.29) is 6.04 Å². The van der Waals surface area contributed by atoms with Crippen molar-refractivity contribution in [2.45, 2.75) is 32.7 Å². The Labute approximate surface area is 121 Å². The van der Waals surface area contributed by atoms with Gasteiger partial charge < -0.3 is 10.6 Å². The first-order valence-electron chi connectivity index (χ1n) is 7.14. The first-order valence-corrected chi connectivity index (χ1v) is 7.14. The number of aryl methyl sites for hydroxylation is 1. The van der Waals surface area contributed by atoms with Crippen LogP contribution in [0.3, 0.4) is 0 Å². The summed E-state index contributed by atoms with van der Waals surface area (Å²) in [6, 6.07) is 12.8. The molecule has 0 saturated heterocycles. The van der Waals surface area contributed by atoms with Gasteiger partial charge in [-0.05, 0) is 49.1 Å². The highest BCUT2D eigenvalue weighted by molar-refractivity contribution is 5.62. The van der Waals surface area contributed by atoms with Crippen LogP contribution < -0.4 is 10.6 Å². The van der Waals surface area contributed by atoms with Crippen LogP contribution in [-0.2, 0) is 12.8 Å². The molecule has 3 nitrogen and oxygen atoms in total. The average molecular weight is 269 g/mol. The second-order valence-electron chi connectivity index (χ2n) is 5.25. The van der Waals surface area contributed by atoms with Crippen molar-refractivity contribution in [3.63, 3.8) is 0 Å². The number of aromatic nitrogens is 1. The maximum Gasteiger partial charge on any atom is 0.135 e. The highest BCUT2D eigenvalue weighted by Gasteiger charge is 2.11. The molecule has 0 aliphatic rings. The van der Waals surface area contributed by atoms with Gasteiger partial charge in [0.15, 0.2) is 0 Å². The number of nitrogens with two attached hydrogens (primary N) is 1. The van der Waals surface area contributed by atoms with Crippen LogP contribution in [0.4, 0.5) is 11.5 Å². The van der Waals surface area contributed by atoms with Crippen molar-refractivity contribution in [1.29, 1.82) is 0 Å². The second-order valence-corrected chi connectivity index (χ2v) is 5.25. The Bertz CT molecular complexity index is 546. The SMILES string of the molecule is CCc1ccc(N(C)c2ncccc2CC(C)N)cc1. The van der Waals surface area contributed by atoms with E-state index in [1.807, 2.05) is 26.2 Å². The molecule has 1 unspecified atom stereocenters. The molecule has 0 radical (unpaired) electrons. The van der Waals surface area contributed by atoms with Gasteiger partial charge in [-0.3, -0.25) is 0 Å². The lowest BCUT2D eigenvalue weighted by Gasteiger charge is -2.22. The number of nitrogens with zero attached hydrogens (tertiary/aromatic N) is 2. The van der Waals surface area contributed by atoms with Gasteiger partial charge in [-0.2, -0.15) is 0 Å². The van der Waals surface area contributed by atoms with E-state index in [4.69, 9.17) is 5.73 Å². The Hall–Kier alpha value is -1.87. The quantitative estimate of drug-likeness (QED) is 0.905. The van der Waals surface area contributed by atoms with Gasteiger partial charge in [0.05, 0.1) is 0 Å². The molecule has 20 heavy (non-hydrogen) atoms. The smallest absolute Gasteiger partial charge is 0.135 e. The van der Waals surface area contributed by atoms with Gasteiger partial charge >= 0.3 is 0 Å². The number of rotatable bonds is 5. The molecule has 0 bridgehead atoms. The van der Waals surface area contributed by atoms with Gasteiger partial charge in [0, 0.05) is 25.0 Å². The molecule has 0 fully saturated rings. The Balaban J connectivity index is 2.29. The van der Waals surface area contributed by atoms with Gasteiger partial charge in [0.1, 0.15) is 5.82 Å². The Kier molecular flexibility index (Phi) is 4.74. The number of hydrogen-bond acceptors (Lipinski definition) is 3. The minimum atomic E-state index is 0.133. The van der Waals surface area contributed by atoms with E-state index in [1.54, 1.807) is 0 Å². The topological polar surface area (TPSA) is 42.2 Å². The van der Waals surface area contributed by atoms with Crippen molar-refractivity contribution < 1.29 is 0 Å². The molecular formula is C17H23N3. The highest BCUT2D eigenvalue weighted by atomic mass is 15.2. The van der Waals surface area contributed by atoms with Crippen molar-refractivity contribution in [3.05, 3.63) is 53.7 Å². The van der Waals surface area contributed by atoms with E-state index in [1.165, 1.54) is 11.1 Å². The van der Waals surface area contributed by atoms with Gasteiger partial charge in [-0.25, -0.2) is 4.98 Å². The maximum atomic E-state index is 5.92. The first kappa shape index (κ1) is 14.5. The normalized spacial score (nSPS) is 12.2. The summed E-state index contributed by atoms with van der Waals surface area (Å²) < 4.78 is 0. The molecule has 1 atom stereocenters. The lowest BCUT2D eigenvalue weighted by atomic mass is 10.1. The zero-order valence-electron chi connectivity index (χ0n) is 12.5. The monoisotopic (exact) mass is 269 g/mol. The van der Waals surface area contributed by atoms with Crippen LogP contribution in [0.25, 0.3) is 0 Å². The lowest BCUT2D eigenvalue weighted by molar-refractivity contribution is 0.735. The predicted octanol–water partition coefficient (Wildman–Crippen LogP) is 3.30. The van der Waals surface area contributed by atoms with Crippen LogP contribution in [0.5, 0.6) is 0 Å². The molecule has 106 valence electrons. The van der Waals surface area contributed by atoms with Crippen molar-refractivity contribution in [1.82, 2.24) is 4.98 Å². The van der Waals surface area contributed by atoms with Crippen molar-refractivity contribution in [2.75, 3.05) is 11.9 Å². The fraction of sp³-hybridized carbons (Fsp3) is 0.353. The number of anilines is 2. The molecule has 0 aliphatic carbocycles. The third-order valence-corrected chi connectivity index (χ3v) is 3.46. The van der Waals surface area contributed by atoms with Crippen LogP contribution in [0.15, 0.2) is 42.6 Å². The van der Waals surface area contributed by atoms with Gasteiger partial charge in [-0.1, -0.05) is 25.1 Å². The summed E-state index contributed by atoms with van der Waals surface area (Å²) in [5.74, 6) is 0.981. The fourth-order valence-corrected chi connectivity index (χ4v) is 2.32. The minimum absolute atomic E-state index is 0.133. The number of benzene rings is 1. The Morgan fingerprint density at radius 2 is 1.90 bits per heavy atom. The molecule has 1 aromatic heterocycles. The number of hydrogen-bond donors (Lipinski definition) is 1. The molecule has 0 aliphatic heterocycles. The van der Waals surface area contributed by atoms with Gasteiger partial charge in [0.2, 0.25) is 0 Å². The van der Waals surface area contributed by atoms with E-state index in [9.17, 15) is 0 Å². The summed E-state index contributed by atoms with van der Waals surface area (Å²) in [5.41, 5.74) is 9.60. The van der Waals surface area contributed by atoms with Crippen LogP contribution >= 0.6 is 0 Å². The molecule has 0 spiro atoms. The minimum Gasteiger partial charge on any atom is -0.329 e. The second kappa shape index (κ2) is 6.53. The van der Waals surface area contributed by atoms with Crippen LogP contribution in [0, 0.1) is 0 Å². The molecule has 3 heteroatoms. The fourth-order valence-electron chi connectivity index (χ4n) is 2.32. The van der Waals surface area contributed by atoms with Crippen molar-refractivity contribution >= 4 is 11.5 Å². The molecule has 0 saturated carbocycles.